The van der Waals surface area contributed by atoms with E-state index in [1.807, 2.05) is 42.8 Å². The minimum absolute atomic E-state index is 0.0766. The molecule has 0 saturated heterocycles. The third kappa shape index (κ3) is 4.04. The Balaban J connectivity index is 1.80. The molecule has 0 aliphatic heterocycles. The smallest absolute Gasteiger partial charge is 0.256 e. The second-order valence-corrected chi connectivity index (χ2v) is 6.52. The number of rotatable bonds is 7. The van der Waals surface area contributed by atoms with E-state index in [1.54, 1.807) is 11.7 Å². The molecule has 0 bridgehead atoms. The Morgan fingerprint density at radius 3 is 2.74 bits per heavy atom. The van der Waals surface area contributed by atoms with Gasteiger partial charge in [-0.05, 0) is 43.5 Å². The predicted octanol–water partition coefficient (Wildman–Crippen LogP) is 2.25. The molecular formula is C21H24N4O2. The third-order valence-corrected chi connectivity index (χ3v) is 4.55. The molecule has 2 heterocycles. The fourth-order valence-corrected chi connectivity index (χ4v) is 3.22. The minimum Gasteiger partial charge on any atom is -0.497 e. The second kappa shape index (κ2) is 8.11. The molecule has 0 aliphatic carbocycles. The maximum atomic E-state index is 12.9. The molecule has 6 nitrogen and oxygen atoms in total. The van der Waals surface area contributed by atoms with E-state index >= 15 is 0 Å². The van der Waals surface area contributed by atoms with Gasteiger partial charge in [-0.1, -0.05) is 5.92 Å². The average molecular weight is 364 g/mol. The van der Waals surface area contributed by atoms with Crippen LogP contribution in [0, 0.1) is 26.2 Å². The zero-order valence-corrected chi connectivity index (χ0v) is 16.0. The van der Waals surface area contributed by atoms with E-state index in [-0.39, 0.29) is 12.1 Å². The molecule has 0 radical (unpaired) electrons. The van der Waals surface area contributed by atoms with Crippen molar-refractivity contribution in [2.24, 2.45) is 0 Å². The zero-order valence-electron chi connectivity index (χ0n) is 16.0. The number of aryl methyl sites for hydroxylation is 2. The molecule has 27 heavy (non-hydrogen) atoms. The number of hydrogen-bond donors (Lipinski definition) is 1. The minimum atomic E-state index is -0.0766. The van der Waals surface area contributed by atoms with Crippen LogP contribution in [0.1, 0.15) is 17.0 Å². The molecule has 0 amide bonds. The molecule has 2 aromatic heterocycles. The van der Waals surface area contributed by atoms with Gasteiger partial charge in [0.2, 0.25) is 0 Å². The maximum absolute atomic E-state index is 12.9. The van der Waals surface area contributed by atoms with Gasteiger partial charge in [0.15, 0.2) is 0 Å². The molecule has 0 spiro atoms. The molecule has 0 atom stereocenters. The lowest BCUT2D eigenvalue weighted by Crippen LogP contribution is -2.29. The zero-order chi connectivity index (χ0) is 19.4. The number of nitrogens with zero attached hydrogens (tertiary/aromatic N) is 3. The van der Waals surface area contributed by atoms with Crippen LogP contribution in [0.25, 0.3) is 10.9 Å². The molecule has 0 unspecified atom stereocenters. The van der Waals surface area contributed by atoms with Gasteiger partial charge in [0.1, 0.15) is 5.75 Å². The van der Waals surface area contributed by atoms with Crippen molar-refractivity contribution in [1.29, 1.82) is 0 Å². The Morgan fingerprint density at radius 2 is 2.07 bits per heavy atom. The lowest BCUT2D eigenvalue weighted by molar-refractivity contribution is 0.415. The quantitative estimate of drug-likeness (QED) is 0.516. The average Bonchev–Trinajstić information content (AvgIpc) is 2.98. The van der Waals surface area contributed by atoms with Crippen LogP contribution in [0.2, 0.25) is 0 Å². The summed E-state index contributed by atoms with van der Waals surface area (Å²) >= 11 is 0. The topological polar surface area (TPSA) is 61.1 Å². The molecule has 6 heteroatoms. The number of nitrogens with one attached hydrogen (secondary N) is 1. The van der Waals surface area contributed by atoms with Crippen LogP contribution in [0.5, 0.6) is 5.75 Å². The van der Waals surface area contributed by atoms with Gasteiger partial charge in [-0.3, -0.25) is 14.0 Å². The molecule has 1 aromatic carbocycles. The highest BCUT2D eigenvalue weighted by atomic mass is 16.5. The summed E-state index contributed by atoms with van der Waals surface area (Å²) in [6.45, 7) is 6.19. The first-order valence-electron chi connectivity index (χ1n) is 8.89. The lowest BCUT2D eigenvalue weighted by atomic mass is 10.1. The van der Waals surface area contributed by atoms with Gasteiger partial charge in [-0.25, -0.2) is 0 Å². The van der Waals surface area contributed by atoms with Crippen LogP contribution < -0.4 is 15.6 Å². The Kier molecular flexibility index (Phi) is 5.63. The number of terminal acetylenes is 1. The summed E-state index contributed by atoms with van der Waals surface area (Å²) < 4.78 is 8.86. The van der Waals surface area contributed by atoms with Crippen molar-refractivity contribution >= 4 is 10.9 Å². The first-order valence-corrected chi connectivity index (χ1v) is 8.89. The van der Waals surface area contributed by atoms with Crippen LogP contribution in [-0.4, -0.2) is 28.0 Å². The van der Waals surface area contributed by atoms with Crippen molar-refractivity contribution in [3.63, 3.8) is 0 Å². The number of fused-ring (bicyclic) bond motifs is 1. The monoisotopic (exact) mass is 364 g/mol. The number of aromatic nitrogens is 3. The first-order chi connectivity index (χ1) is 13.0. The summed E-state index contributed by atoms with van der Waals surface area (Å²) in [7, 11) is 1.60. The van der Waals surface area contributed by atoms with Crippen LogP contribution in [0.4, 0.5) is 0 Å². The second-order valence-electron chi connectivity index (χ2n) is 6.52. The predicted molar refractivity (Wildman–Crippen MR) is 107 cm³/mol. The number of hydrogen-bond acceptors (Lipinski definition) is 4. The summed E-state index contributed by atoms with van der Waals surface area (Å²) in [6, 6.07) is 9.64. The standard InChI is InChI=1S/C21H24N4O2/c1-5-9-24-20-13-19(27-4)7-6-17(20)12-18(21(24)26)14-22-8-10-25-16(3)11-15(2)23-25/h1,6-7,11-13,22H,8-10,14H2,2-4H3. The van der Waals surface area contributed by atoms with Crippen LogP contribution in [0.3, 0.4) is 0 Å². The van der Waals surface area contributed by atoms with Gasteiger partial charge in [0, 0.05) is 30.4 Å². The largest absolute Gasteiger partial charge is 0.497 e. The van der Waals surface area contributed by atoms with Crippen molar-refractivity contribution < 1.29 is 4.74 Å². The number of pyridine rings is 1. The molecule has 3 aromatic rings. The highest BCUT2D eigenvalue weighted by molar-refractivity contribution is 5.81. The molecule has 140 valence electrons. The van der Waals surface area contributed by atoms with Crippen molar-refractivity contribution in [2.45, 2.75) is 33.5 Å². The van der Waals surface area contributed by atoms with Crippen molar-refractivity contribution in [3.8, 4) is 18.1 Å². The lowest BCUT2D eigenvalue weighted by Gasteiger charge is -2.13. The van der Waals surface area contributed by atoms with Gasteiger partial charge in [-0.2, -0.15) is 5.10 Å². The van der Waals surface area contributed by atoms with E-state index in [1.165, 1.54) is 0 Å². The SMILES string of the molecule is C#CCn1c(=O)c(CNCCn2nc(C)cc2C)cc2ccc(OC)cc21. The third-order valence-electron chi connectivity index (χ3n) is 4.55. The van der Waals surface area contributed by atoms with Crippen molar-refractivity contribution in [2.75, 3.05) is 13.7 Å². The van der Waals surface area contributed by atoms with Crippen LogP contribution >= 0.6 is 0 Å². The van der Waals surface area contributed by atoms with E-state index < -0.39 is 0 Å². The summed E-state index contributed by atoms with van der Waals surface area (Å²) in [5, 5.41) is 8.74. The highest BCUT2D eigenvalue weighted by Crippen LogP contribution is 2.20. The maximum Gasteiger partial charge on any atom is 0.256 e. The van der Waals surface area contributed by atoms with E-state index in [0.717, 1.165) is 35.4 Å². The van der Waals surface area contributed by atoms with Crippen LogP contribution in [-0.2, 0) is 19.6 Å². The molecular weight excluding hydrogens is 340 g/mol. The van der Waals surface area contributed by atoms with Gasteiger partial charge in [0.05, 0.1) is 31.4 Å². The Morgan fingerprint density at radius 1 is 1.26 bits per heavy atom. The van der Waals surface area contributed by atoms with E-state index in [0.29, 0.717) is 17.9 Å². The number of ether oxygens (including phenoxy) is 1. The first kappa shape index (κ1) is 18.7. The fourth-order valence-electron chi connectivity index (χ4n) is 3.22. The van der Waals surface area contributed by atoms with Gasteiger partial charge >= 0.3 is 0 Å². The number of methoxy groups -OCH3 is 1. The molecule has 0 aliphatic rings. The van der Waals surface area contributed by atoms with Crippen molar-refractivity contribution in [1.82, 2.24) is 19.7 Å². The highest BCUT2D eigenvalue weighted by Gasteiger charge is 2.10. The van der Waals surface area contributed by atoms with Crippen LogP contribution in [0.15, 0.2) is 35.1 Å². The summed E-state index contributed by atoms with van der Waals surface area (Å²) in [5.41, 5.74) is 3.53. The van der Waals surface area contributed by atoms with Gasteiger partial charge in [0.25, 0.3) is 5.56 Å². The van der Waals surface area contributed by atoms with E-state index in [4.69, 9.17) is 11.2 Å². The molecule has 3 rings (SSSR count). The van der Waals surface area contributed by atoms with E-state index in [2.05, 4.69) is 22.4 Å². The van der Waals surface area contributed by atoms with E-state index in [9.17, 15) is 4.79 Å². The summed E-state index contributed by atoms with van der Waals surface area (Å²) in [6.07, 6.45) is 5.48. The summed E-state index contributed by atoms with van der Waals surface area (Å²) in [4.78, 5) is 12.9. The number of benzene rings is 1. The Labute approximate surface area is 158 Å². The Bertz CT molecular complexity index is 1060. The van der Waals surface area contributed by atoms with Crippen molar-refractivity contribution in [3.05, 3.63) is 57.6 Å². The van der Waals surface area contributed by atoms with Gasteiger partial charge in [-0.15, -0.1) is 6.42 Å². The molecule has 0 fully saturated rings. The normalized spacial score (nSPS) is 10.9. The molecule has 1 N–H and O–H groups in total. The summed E-state index contributed by atoms with van der Waals surface area (Å²) in [5.74, 6) is 3.27. The van der Waals surface area contributed by atoms with Gasteiger partial charge < -0.3 is 10.1 Å². The fraction of sp³-hybridized carbons (Fsp3) is 0.333. The Hall–Kier alpha value is -3.04. The molecule has 0 saturated carbocycles.